The summed E-state index contributed by atoms with van der Waals surface area (Å²) in [5, 5.41) is 10.9. The van der Waals surface area contributed by atoms with Gasteiger partial charge in [0.15, 0.2) is 0 Å². The van der Waals surface area contributed by atoms with Gasteiger partial charge in [0, 0.05) is 26.7 Å². The second kappa shape index (κ2) is 5.27. The van der Waals surface area contributed by atoms with Crippen molar-refractivity contribution in [1.82, 2.24) is 25.2 Å². The summed E-state index contributed by atoms with van der Waals surface area (Å²) in [6, 6.07) is -0.150. The lowest BCUT2D eigenvalue weighted by atomic mass is 10.3. The van der Waals surface area contributed by atoms with Gasteiger partial charge in [-0.2, -0.15) is 0 Å². The van der Waals surface area contributed by atoms with Gasteiger partial charge in [-0.3, -0.25) is 9.48 Å². The van der Waals surface area contributed by atoms with Gasteiger partial charge in [-0.15, -0.1) is 5.10 Å². The third-order valence-corrected chi connectivity index (χ3v) is 3.19. The van der Waals surface area contributed by atoms with Gasteiger partial charge in [0.05, 0.1) is 17.9 Å². The summed E-state index contributed by atoms with van der Waals surface area (Å²) < 4.78 is 1.71. The molecule has 17 heavy (non-hydrogen) atoms. The van der Waals surface area contributed by atoms with Gasteiger partial charge in [0.2, 0.25) is 5.91 Å². The molecule has 1 aliphatic rings. The van der Waals surface area contributed by atoms with Gasteiger partial charge in [0.1, 0.15) is 0 Å². The Hall–Kier alpha value is -1.43. The summed E-state index contributed by atoms with van der Waals surface area (Å²) in [5.74, 6) is 0.192. The summed E-state index contributed by atoms with van der Waals surface area (Å²) in [4.78, 5) is 13.9. The molecule has 1 aromatic heterocycles. The van der Waals surface area contributed by atoms with Crippen LogP contribution >= 0.6 is 0 Å². The molecule has 0 aromatic carbocycles. The van der Waals surface area contributed by atoms with Crippen LogP contribution in [0.4, 0.5) is 0 Å². The maximum atomic E-state index is 12.0. The molecular weight excluding hydrogens is 218 g/mol. The fourth-order valence-corrected chi connectivity index (χ4v) is 2.03. The number of hydrogen-bond acceptors (Lipinski definition) is 4. The minimum atomic E-state index is -0.150. The monoisotopic (exact) mass is 237 g/mol. The zero-order valence-electron chi connectivity index (χ0n) is 10.4. The van der Waals surface area contributed by atoms with Gasteiger partial charge in [-0.05, 0) is 19.8 Å². The topological polar surface area (TPSA) is 63.1 Å². The lowest BCUT2D eigenvalue weighted by molar-refractivity contribution is -0.132. The third kappa shape index (κ3) is 2.82. The van der Waals surface area contributed by atoms with Crippen LogP contribution < -0.4 is 5.32 Å². The van der Waals surface area contributed by atoms with Crippen LogP contribution in [-0.4, -0.2) is 44.9 Å². The summed E-state index contributed by atoms with van der Waals surface area (Å²) >= 11 is 0. The Morgan fingerprint density at radius 1 is 1.53 bits per heavy atom. The summed E-state index contributed by atoms with van der Waals surface area (Å²) in [6.45, 7) is 4.32. The number of likely N-dealkylation sites (tertiary alicyclic amines) is 1. The molecule has 1 aromatic rings. The quantitative estimate of drug-likeness (QED) is 0.795. The number of hydrogen-bond donors (Lipinski definition) is 1. The molecule has 1 unspecified atom stereocenters. The first-order valence-electron chi connectivity index (χ1n) is 6.04. The SMILES string of the molecule is CC(NCc1cnnn1C)C(=O)N1CCCC1. The molecule has 6 heteroatoms. The number of nitrogens with one attached hydrogen (secondary N) is 1. The van der Waals surface area contributed by atoms with Crippen LogP contribution in [0.1, 0.15) is 25.5 Å². The van der Waals surface area contributed by atoms with Crippen LogP contribution in [0.15, 0.2) is 6.20 Å². The van der Waals surface area contributed by atoms with E-state index in [0.717, 1.165) is 31.6 Å². The maximum absolute atomic E-state index is 12.0. The van der Waals surface area contributed by atoms with Crippen molar-refractivity contribution in [3.63, 3.8) is 0 Å². The standard InChI is InChI=1S/C11H19N5O/c1-9(11(17)16-5-3-4-6-16)12-7-10-8-13-14-15(10)2/h8-9,12H,3-7H2,1-2H3. The molecule has 2 heterocycles. The average Bonchev–Trinajstić information content (AvgIpc) is 2.96. The van der Waals surface area contributed by atoms with E-state index in [1.165, 1.54) is 0 Å². The predicted octanol–water partition coefficient (Wildman–Crippen LogP) is -0.0844. The third-order valence-electron chi connectivity index (χ3n) is 3.19. The van der Waals surface area contributed by atoms with Gasteiger partial charge in [0.25, 0.3) is 0 Å². The predicted molar refractivity (Wildman–Crippen MR) is 63.1 cm³/mol. The second-order valence-electron chi connectivity index (χ2n) is 4.48. The fraction of sp³-hybridized carbons (Fsp3) is 0.727. The number of aromatic nitrogens is 3. The molecule has 1 fully saturated rings. The van der Waals surface area contributed by atoms with Crippen LogP contribution in [0.3, 0.4) is 0 Å². The van der Waals surface area contributed by atoms with Crippen LogP contribution in [0.2, 0.25) is 0 Å². The Kier molecular flexibility index (Phi) is 3.73. The highest BCUT2D eigenvalue weighted by molar-refractivity contribution is 5.81. The maximum Gasteiger partial charge on any atom is 0.239 e. The van der Waals surface area contributed by atoms with Crippen LogP contribution in [0, 0.1) is 0 Å². The van der Waals surface area contributed by atoms with Crippen molar-refractivity contribution < 1.29 is 4.79 Å². The van der Waals surface area contributed by atoms with Gasteiger partial charge < -0.3 is 10.2 Å². The van der Waals surface area contributed by atoms with E-state index in [0.29, 0.717) is 6.54 Å². The smallest absolute Gasteiger partial charge is 0.239 e. The molecule has 6 nitrogen and oxygen atoms in total. The van der Waals surface area contributed by atoms with E-state index in [4.69, 9.17) is 0 Å². The van der Waals surface area contributed by atoms with E-state index in [9.17, 15) is 4.79 Å². The highest BCUT2D eigenvalue weighted by Crippen LogP contribution is 2.09. The number of carbonyl (C=O) groups is 1. The van der Waals surface area contributed by atoms with Crippen molar-refractivity contribution in [1.29, 1.82) is 0 Å². The van der Waals surface area contributed by atoms with Crippen molar-refractivity contribution in [2.75, 3.05) is 13.1 Å². The van der Waals surface area contributed by atoms with Crippen molar-refractivity contribution in [2.24, 2.45) is 7.05 Å². The first kappa shape index (κ1) is 12.0. The highest BCUT2D eigenvalue weighted by Gasteiger charge is 2.22. The minimum Gasteiger partial charge on any atom is -0.341 e. The minimum absolute atomic E-state index is 0.150. The van der Waals surface area contributed by atoms with Crippen molar-refractivity contribution >= 4 is 5.91 Å². The van der Waals surface area contributed by atoms with Crippen molar-refractivity contribution in [3.05, 3.63) is 11.9 Å². The van der Waals surface area contributed by atoms with E-state index >= 15 is 0 Å². The second-order valence-corrected chi connectivity index (χ2v) is 4.48. The summed E-state index contributed by atoms with van der Waals surface area (Å²) in [6.07, 6.45) is 3.97. The summed E-state index contributed by atoms with van der Waals surface area (Å²) in [5.41, 5.74) is 0.978. The number of amides is 1. The normalized spacial score (nSPS) is 17.4. The van der Waals surface area contributed by atoms with Gasteiger partial charge in [-0.25, -0.2) is 0 Å². The van der Waals surface area contributed by atoms with Gasteiger partial charge >= 0.3 is 0 Å². The Balaban J connectivity index is 1.82. The van der Waals surface area contributed by atoms with Crippen molar-refractivity contribution in [3.8, 4) is 0 Å². The molecule has 1 N–H and O–H groups in total. The molecule has 2 rings (SSSR count). The largest absolute Gasteiger partial charge is 0.341 e. The zero-order valence-corrected chi connectivity index (χ0v) is 10.4. The van der Waals surface area contributed by atoms with Crippen LogP contribution in [-0.2, 0) is 18.4 Å². The fourth-order valence-electron chi connectivity index (χ4n) is 2.03. The number of rotatable bonds is 4. The summed E-state index contributed by atoms with van der Waals surface area (Å²) in [7, 11) is 1.84. The molecule has 1 amide bonds. The lowest BCUT2D eigenvalue weighted by Gasteiger charge is -2.21. The Morgan fingerprint density at radius 2 is 2.24 bits per heavy atom. The van der Waals surface area contributed by atoms with E-state index < -0.39 is 0 Å². The number of aryl methyl sites for hydroxylation is 1. The average molecular weight is 237 g/mol. The Bertz CT molecular complexity index is 383. The molecule has 1 saturated heterocycles. The van der Waals surface area contributed by atoms with Crippen LogP contribution in [0.25, 0.3) is 0 Å². The zero-order chi connectivity index (χ0) is 12.3. The van der Waals surface area contributed by atoms with Crippen molar-refractivity contribution in [2.45, 2.75) is 32.4 Å². The lowest BCUT2D eigenvalue weighted by Crippen LogP contribution is -2.43. The van der Waals surface area contributed by atoms with E-state index in [2.05, 4.69) is 15.6 Å². The molecule has 0 bridgehead atoms. The van der Waals surface area contributed by atoms with E-state index in [1.807, 2.05) is 18.9 Å². The molecule has 0 radical (unpaired) electrons. The van der Waals surface area contributed by atoms with Gasteiger partial charge in [-0.1, -0.05) is 5.21 Å². The first-order chi connectivity index (χ1) is 8.18. The van der Waals surface area contributed by atoms with Crippen LogP contribution in [0.5, 0.6) is 0 Å². The highest BCUT2D eigenvalue weighted by atomic mass is 16.2. The Labute approximate surface area is 101 Å². The first-order valence-corrected chi connectivity index (χ1v) is 6.04. The molecule has 1 atom stereocenters. The van der Waals surface area contributed by atoms with E-state index in [-0.39, 0.29) is 11.9 Å². The molecule has 0 saturated carbocycles. The molecule has 94 valence electrons. The molecular formula is C11H19N5O. The number of carbonyl (C=O) groups excluding carboxylic acids is 1. The molecule has 1 aliphatic heterocycles. The Morgan fingerprint density at radius 3 is 2.82 bits per heavy atom. The molecule has 0 aliphatic carbocycles. The van der Waals surface area contributed by atoms with E-state index in [1.54, 1.807) is 10.9 Å². The number of nitrogens with zero attached hydrogens (tertiary/aromatic N) is 4. The molecule has 0 spiro atoms.